The van der Waals surface area contributed by atoms with E-state index in [-0.39, 0.29) is 16.8 Å². The maximum Gasteiger partial charge on any atom is 0.377 e. The van der Waals surface area contributed by atoms with Crippen LogP contribution in [0.4, 0.5) is 4.39 Å². The minimum Gasteiger partial charge on any atom is -0.475 e. The van der Waals surface area contributed by atoms with Crippen LogP contribution < -0.4 is 0 Å². The van der Waals surface area contributed by atoms with Crippen molar-refractivity contribution in [3.63, 3.8) is 0 Å². The van der Waals surface area contributed by atoms with Crippen molar-refractivity contribution in [2.45, 2.75) is 0 Å². The van der Waals surface area contributed by atoms with Crippen LogP contribution in [-0.4, -0.2) is 21.8 Å². The number of halogens is 2. The Morgan fingerprint density at radius 1 is 1.08 bits per heavy atom. The summed E-state index contributed by atoms with van der Waals surface area (Å²) >= 11 is 3.15. The highest BCUT2D eigenvalue weighted by atomic mass is 79.9. The highest BCUT2D eigenvalue weighted by Gasteiger charge is 2.21. The Morgan fingerprint density at radius 2 is 1.84 bits per heavy atom. The van der Waals surface area contributed by atoms with E-state index in [0.29, 0.717) is 9.99 Å². The summed E-state index contributed by atoms with van der Waals surface area (Å²) in [6.07, 6.45) is 1.20. The molecule has 1 aromatic heterocycles. The summed E-state index contributed by atoms with van der Waals surface area (Å²) in [6, 6.07) is 14.8. The molecule has 0 aliphatic carbocycles. The van der Waals surface area contributed by atoms with Crippen molar-refractivity contribution in [1.82, 2.24) is 4.98 Å². The molecule has 124 valence electrons. The first-order valence-corrected chi connectivity index (χ1v) is 8.05. The highest BCUT2D eigenvalue weighted by Crippen LogP contribution is 2.24. The van der Waals surface area contributed by atoms with Crippen molar-refractivity contribution in [3.05, 3.63) is 76.1 Å². The molecule has 1 N–H and O–H groups in total. The van der Waals surface area contributed by atoms with E-state index >= 15 is 0 Å². The van der Waals surface area contributed by atoms with Crippen molar-refractivity contribution in [1.29, 1.82) is 0 Å². The summed E-state index contributed by atoms with van der Waals surface area (Å²) in [6.45, 7) is 0. The van der Waals surface area contributed by atoms with Gasteiger partial charge >= 0.3 is 5.97 Å². The van der Waals surface area contributed by atoms with Crippen LogP contribution in [-0.2, 0) is 9.59 Å². The molecule has 3 aromatic rings. The Morgan fingerprint density at radius 3 is 2.56 bits per heavy atom. The molecule has 0 bridgehead atoms. The van der Waals surface area contributed by atoms with Crippen LogP contribution in [0.1, 0.15) is 11.3 Å². The molecule has 6 heteroatoms. The largest absolute Gasteiger partial charge is 0.475 e. The fourth-order valence-electron chi connectivity index (χ4n) is 2.36. The Bertz CT molecular complexity index is 1030. The number of carbonyl (C=O) groups excluding carboxylic acids is 1. The topological polar surface area (TPSA) is 67.3 Å². The van der Waals surface area contributed by atoms with Crippen LogP contribution in [0.2, 0.25) is 0 Å². The van der Waals surface area contributed by atoms with Crippen molar-refractivity contribution in [2.24, 2.45) is 0 Å². The first-order valence-electron chi connectivity index (χ1n) is 7.26. The van der Waals surface area contributed by atoms with E-state index in [9.17, 15) is 14.0 Å². The lowest BCUT2D eigenvalue weighted by Crippen LogP contribution is -2.15. The van der Waals surface area contributed by atoms with Gasteiger partial charge in [-0.25, -0.2) is 14.2 Å². The molecule has 1 heterocycles. The van der Waals surface area contributed by atoms with Gasteiger partial charge in [-0.1, -0.05) is 46.3 Å². The minimum absolute atomic E-state index is 0.0998. The number of rotatable bonds is 4. The number of fused-ring (bicyclic) bond motifs is 1. The van der Waals surface area contributed by atoms with Crippen molar-refractivity contribution in [2.75, 3.05) is 0 Å². The molecule has 0 amide bonds. The lowest BCUT2D eigenvalue weighted by atomic mass is 10.0. The summed E-state index contributed by atoms with van der Waals surface area (Å²) in [5.41, 5.74) is 0.705. The Hall–Kier alpha value is -2.86. The number of aromatic nitrogens is 1. The SMILES string of the molecule is O=C(O)C(=O)/C(=C\c1ccc(Br)cc1F)c1ccc2ccccc2n1. The third-order valence-corrected chi connectivity index (χ3v) is 4.07. The number of aliphatic carboxylic acids is 1. The fraction of sp³-hybridized carbons (Fsp3) is 0. The molecule has 0 spiro atoms. The molecule has 2 aromatic carbocycles. The normalized spacial score (nSPS) is 11.5. The number of nitrogens with zero attached hydrogens (tertiary/aromatic N) is 1. The fourth-order valence-corrected chi connectivity index (χ4v) is 2.69. The molecule has 3 rings (SSSR count). The van der Waals surface area contributed by atoms with Gasteiger partial charge in [-0.2, -0.15) is 0 Å². The van der Waals surface area contributed by atoms with E-state index in [4.69, 9.17) is 5.11 Å². The van der Waals surface area contributed by atoms with E-state index in [1.165, 1.54) is 18.2 Å². The highest BCUT2D eigenvalue weighted by molar-refractivity contribution is 9.10. The number of hydrogen-bond acceptors (Lipinski definition) is 3. The van der Waals surface area contributed by atoms with Crippen LogP contribution in [0.3, 0.4) is 0 Å². The second-order valence-corrected chi connectivity index (χ2v) is 6.16. The first-order chi connectivity index (χ1) is 12.0. The zero-order valence-corrected chi connectivity index (χ0v) is 14.3. The van der Waals surface area contributed by atoms with E-state index in [2.05, 4.69) is 20.9 Å². The summed E-state index contributed by atoms with van der Waals surface area (Å²) in [4.78, 5) is 27.6. The number of benzene rings is 2. The lowest BCUT2D eigenvalue weighted by molar-refractivity contribution is -0.146. The number of Topliss-reactive ketones (excluding diaryl/α,β-unsaturated/α-hetero) is 1. The van der Waals surface area contributed by atoms with E-state index in [1.807, 2.05) is 12.1 Å². The number of ketones is 1. The van der Waals surface area contributed by atoms with Crippen molar-refractivity contribution >= 4 is 50.2 Å². The van der Waals surface area contributed by atoms with Crippen LogP contribution in [0, 0.1) is 5.82 Å². The third kappa shape index (κ3) is 3.64. The Kier molecular flexibility index (Phi) is 4.72. The average Bonchev–Trinajstić information content (AvgIpc) is 2.60. The van der Waals surface area contributed by atoms with Gasteiger partial charge in [0.05, 0.1) is 16.8 Å². The zero-order valence-electron chi connectivity index (χ0n) is 12.7. The molecule has 0 aliphatic rings. The number of pyridine rings is 1. The number of hydrogen-bond donors (Lipinski definition) is 1. The van der Waals surface area contributed by atoms with Crippen LogP contribution >= 0.6 is 15.9 Å². The number of carboxylic acid groups (broad SMARTS) is 1. The number of carboxylic acids is 1. The predicted molar refractivity (Wildman–Crippen MR) is 96.4 cm³/mol. The van der Waals surface area contributed by atoms with Gasteiger partial charge in [0.25, 0.3) is 5.78 Å². The predicted octanol–water partition coefficient (Wildman–Crippen LogP) is 4.33. The van der Waals surface area contributed by atoms with Crippen LogP contribution in [0.5, 0.6) is 0 Å². The Balaban J connectivity index is 2.18. The van der Waals surface area contributed by atoms with E-state index < -0.39 is 17.6 Å². The Labute approximate surface area is 150 Å². The summed E-state index contributed by atoms with van der Waals surface area (Å²) < 4.78 is 14.6. The molecule has 0 unspecified atom stereocenters. The molecule has 25 heavy (non-hydrogen) atoms. The molecular formula is C19H11BrFNO3. The van der Waals surface area contributed by atoms with Crippen LogP contribution in [0.15, 0.2) is 59.1 Å². The molecular weight excluding hydrogens is 389 g/mol. The van der Waals surface area contributed by atoms with Gasteiger partial charge in [-0.15, -0.1) is 0 Å². The molecule has 0 atom stereocenters. The van der Waals surface area contributed by atoms with Gasteiger partial charge in [-0.05, 0) is 30.3 Å². The van der Waals surface area contributed by atoms with Gasteiger partial charge in [0.1, 0.15) is 5.82 Å². The summed E-state index contributed by atoms with van der Waals surface area (Å²) in [5.74, 6) is -3.35. The minimum atomic E-state index is -1.63. The molecule has 0 radical (unpaired) electrons. The molecule has 0 aliphatic heterocycles. The summed E-state index contributed by atoms with van der Waals surface area (Å²) in [5, 5.41) is 9.95. The average molecular weight is 400 g/mol. The number of para-hydroxylation sites is 1. The van der Waals surface area contributed by atoms with E-state index in [0.717, 1.165) is 5.39 Å². The lowest BCUT2D eigenvalue weighted by Gasteiger charge is -2.06. The molecule has 0 fully saturated rings. The van der Waals surface area contributed by atoms with Gasteiger partial charge < -0.3 is 5.11 Å². The smallest absolute Gasteiger partial charge is 0.377 e. The van der Waals surface area contributed by atoms with Crippen molar-refractivity contribution < 1.29 is 19.1 Å². The first kappa shape index (κ1) is 17.0. The quantitative estimate of drug-likeness (QED) is 0.523. The van der Waals surface area contributed by atoms with Gasteiger partial charge in [0, 0.05) is 15.4 Å². The van der Waals surface area contributed by atoms with E-state index in [1.54, 1.807) is 30.3 Å². The third-order valence-electron chi connectivity index (χ3n) is 3.58. The monoisotopic (exact) mass is 399 g/mol. The van der Waals surface area contributed by atoms with Gasteiger partial charge in [0.15, 0.2) is 0 Å². The molecule has 4 nitrogen and oxygen atoms in total. The molecule has 0 saturated carbocycles. The van der Waals surface area contributed by atoms with Gasteiger partial charge in [-0.3, -0.25) is 4.79 Å². The second-order valence-electron chi connectivity index (χ2n) is 5.25. The maximum absolute atomic E-state index is 14.1. The number of carbonyl (C=O) groups is 2. The van der Waals surface area contributed by atoms with Crippen molar-refractivity contribution in [3.8, 4) is 0 Å². The standard InChI is InChI=1S/C19H11BrFNO3/c20-13-7-5-12(15(21)10-13)9-14(18(23)19(24)25)17-8-6-11-3-1-2-4-16(11)22-17/h1-10H,(H,24,25)/b14-9-. The zero-order chi connectivity index (χ0) is 18.0. The maximum atomic E-state index is 14.1. The molecule has 0 saturated heterocycles. The second kappa shape index (κ2) is 6.94. The van der Waals surface area contributed by atoms with Gasteiger partial charge in [0.2, 0.25) is 0 Å². The van der Waals surface area contributed by atoms with Crippen LogP contribution in [0.25, 0.3) is 22.6 Å². The summed E-state index contributed by atoms with van der Waals surface area (Å²) in [7, 11) is 0.